The zero-order valence-corrected chi connectivity index (χ0v) is 10.9. The molecule has 0 amide bonds. The van der Waals surface area contributed by atoms with Gasteiger partial charge in [-0.1, -0.05) is 11.6 Å². The van der Waals surface area contributed by atoms with E-state index in [-0.39, 0.29) is 6.04 Å². The Bertz CT molecular complexity index is 596. The van der Waals surface area contributed by atoms with Gasteiger partial charge in [-0.15, -0.1) is 0 Å². The summed E-state index contributed by atoms with van der Waals surface area (Å²) in [7, 11) is 0. The predicted octanol–water partition coefficient (Wildman–Crippen LogP) is 4.13. The molecule has 3 unspecified atom stereocenters. The van der Waals surface area contributed by atoms with E-state index < -0.39 is 0 Å². The van der Waals surface area contributed by atoms with E-state index in [9.17, 15) is 0 Å². The zero-order chi connectivity index (χ0) is 12.3. The third-order valence-corrected chi connectivity index (χ3v) is 4.85. The molecule has 0 spiro atoms. The quantitative estimate of drug-likeness (QED) is 0.883. The van der Waals surface area contributed by atoms with Crippen LogP contribution in [0.1, 0.15) is 31.1 Å². The summed E-state index contributed by atoms with van der Waals surface area (Å²) in [6, 6.07) is 7.80. The molecule has 18 heavy (non-hydrogen) atoms. The smallest absolute Gasteiger partial charge is 0.134 e. The van der Waals surface area contributed by atoms with Crippen LogP contribution in [0.4, 0.5) is 0 Å². The monoisotopic (exact) mass is 261 g/mol. The second-order valence-electron chi connectivity index (χ2n) is 5.84. The van der Waals surface area contributed by atoms with Crippen LogP contribution in [0.25, 0.3) is 11.0 Å². The fraction of sp³-hybridized carbons (Fsp3) is 0.467. The third kappa shape index (κ3) is 1.67. The van der Waals surface area contributed by atoms with Crippen LogP contribution in [0.3, 0.4) is 0 Å². The first-order chi connectivity index (χ1) is 8.70. The molecule has 2 aliphatic carbocycles. The van der Waals surface area contributed by atoms with Crippen molar-refractivity contribution in [1.29, 1.82) is 0 Å². The largest absolute Gasteiger partial charge is 0.459 e. The van der Waals surface area contributed by atoms with E-state index in [1.165, 1.54) is 19.3 Å². The predicted molar refractivity (Wildman–Crippen MR) is 72.5 cm³/mol. The Labute approximate surface area is 111 Å². The van der Waals surface area contributed by atoms with Crippen molar-refractivity contribution in [3.63, 3.8) is 0 Å². The standard InChI is InChI=1S/C15H16ClNO/c16-12-1-2-13-10(6-12)7-14(18-13)15(17)11-4-8-3-9(8)5-11/h1-2,6-9,11,15H,3-5,17H2. The summed E-state index contributed by atoms with van der Waals surface area (Å²) in [5.41, 5.74) is 7.24. The van der Waals surface area contributed by atoms with Crippen LogP contribution >= 0.6 is 11.6 Å². The Morgan fingerprint density at radius 3 is 2.72 bits per heavy atom. The molecule has 2 aromatic rings. The number of benzene rings is 1. The zero-order valence-electron chi connectivity index (χ0n) is 10.1. The Morgan fingerprint density at radius 2 is 1.94 bits per heavy atom. The maximum atomic E-state index is 6.36. The van der Waals surface area contributed by atoms with E-state index in [1.54, 1.807) is 0 Å². The van der Waals surface area contributed by atoms with Crippen LogP contribution in [0, 0.1) is 17.8 Å². The molecule has 1 heterocycles. The van der Waals surface area contributed by atoms with Gasteiger partial charge in [0.25, 0.3) is 0 Å². The van der Waals surface area contributed by atoms with Crippen molar-refractivity contribution in [2.75, 3.05) is 0 Å². The van der Waals surface area contributed by atoms with Crippen LogP contribution in [-0.4, -0.2) is 0 Å². The van der Waals surface area contributed by atoms with Gasteiger partial charge in [0.1, 0.15) is 11.3 Å². The van der Waals surface area contributed by atoms with Crippen molar-refractivity contribution in [2.45, 2.75) is 25.3 Å². The van der Waals surface area contributed by atoms with Gasteiger partial charge in [0, 0.05) is 10.4 Å². The minimum Gasteiger partial charge on any atom is -0.459 e. The van der Waals surface area contributed by atoms with E-state index in [1.807, 2.05) is 18.2 Å². The summed E-state index contributed by atoms with van der Waals surface area (Å²) in [6.07, 6.45) is 3.99. The maximum absolute atomic E-state index is 6.36. The van der Waals surface area contributed by atoms with Crippen LogP contribution in [0.2, 0.25) is 5.02 Å². The summed E-state index contributed by atoms with van der Waals surface area (Å²) in [5, 5.41) is 1.79. The number of fused-ring (bicyclic) bond motifs is 2. The second kappa shape index (κ2) is 3.75. The van der Waals surface area contributed by atoms with Gasteiger partial charge in [0.15, 0.2) is 0 Å². The Morgan fingerprint density at radius 1 is 1.17 bits per heavy atom. The van der Waals surface area contributed by atoms with Crippen LogP contribution in [0.5, 0.6) is 0 Å². The molecule has 1 aromatic heterocycles. The van der Waals surface area contributed by atoms with Crippen molar-refractivity contribution in [1.82, 2.24) is 0 Å². The van der Waals surface area contributed by atoms with E-state index >= 15 is 0 Å². The molecular formula is C15H16ClNO. The van der Waals surface area contributed by atoms with Crippen molar-refractivity contribution >= 4 is 22.6 Å². The van der Waals surface area contributed by atoms with Crippen molar-refractivity contribution < 1.29 is 4.42 Å². The molecule has 1 aromatic carbocycles. The van der Waals surface area contributed by atoms with Gasteiger partial charge in [-0.05, 0) is 61.3 Å². The molecule has 0 radical (unpaired) electrons. The van der Waals surface area contributed by atoms with Crippen LogP contribution in [0.15, 0.2) is 28.7 Å². The summed E-state index contributed by atoms with van der Waals surface area (Å²) < 4.78 is 5.86. The van der Waals surface area contributed by atoms with E-state index in [0.717, 1.165) is 33.6 Å². The Kier molecular flexibility index (Phi) is 2.27. The maximum Gasteiger partial charge on any atom is 0.134 e. The van der Waals surface area contributed by atoms with Gasteiger partial charge in [0.05, 0.1) is 6.04 Å². The molecule has 2 aliphatic rings. The lowest BCUT2D eigenvalue weighted by atomic mass is 9.93. The first kappa shape index (κ1) is 10.9. The van der Waals surface area contributed by atoms with Gasteiger partial charge in [-0.3, -0.25) is 0 Å². The number of hydrogen-bond acceptors (Lipinski definition) is 2. The Hall–Kier alpha value is -0.990. The SMILES string of the molecule is NC(c1cc2cc(Cl)ccc2o1)C1CC2CC2C1. The van der Waals surface area contributed by atoms with E-state index in [2.05, 4.69) is 6.07 Å². The van der Waals surface area contributed by atoms with Crippen LogP contribution < -0.4 is 5.73 Å². The normalized spacial score (nSPS) is 31.6. The first-order valence-corrected chi connectivity index (χ1v) is 7.03. The number of nitrogens with two attached hydrogens (primary N) is 1. The highest BCUT2D eigenvalue weighted by Crippen LogP contribution is 2.56. The third-order valence-electron chi connectivity index (χ3n) is 4.61. The minimum absolute atomic E-state index is 0.0453. The van der Waals surface area contributed by atoms with Gasteiger partial charge < -0.3 is 10.2 Å². The van der Waals surface area contributed by atoms with Gasteiger partial charge in [0.2, 0.25) is 0 Å². The topological polar surface area (TPSA) is 39.2 Å². The molecule has 0 aliphatic heterocycles. The number of rotatable bonds is 2. The minimum atomic E-state index is 0.0453. The molecule has 2 nitrogen and oxygen atoms in total. The highest BCUT2D eigenvalue weighted by Gasteiger charge is 2.47. The molecule has 0 bridgehead atoms. The summed E-state index contributed by atoms with van der Waals surface area (Å²) in [6.45, 7) is 0. The van der Waals surface area contributed by atoms with Crippen LogP contribution in [-0.2, 0) is 0 Å². The van der Waals surface area contributed by atoms with Gasteiger partial charge in [-0.25, -0.2) is 0 Å². The van der Waals surface area contributed by atoms with Gasteiger partial charge >= 0.3 is 0 Å². The average molecular weight is 262 g/mol. The van der Waals surface area contributed by atoms with E-state index in [4.69, 9.17) is 21.8 Å². The molecule has 4 rings (SSSR count). The lowest BCUT2D eigenvalue weighted by Crippen LogP contribution is -2.19. The van der Waals surface area contributed by atoms with Gasteiger partial charge in [-0.2, -0.15) is 0 Å². The lowest BCUT2D eigenvalue weighted by Gasteiger charge is -2.18. The Balaban J connectivity index is 1.65. The molecule has 3 atom stereocenters. The highest BCUT2D eigenvalue weighted by molar-refractivity contribution is 6.31. The molecule has 2 fully saturated rings. The molecule has 94 valence electrons. The fourth-order valence-electron chi connectivity index (χ4n) is 3.49. The summed E-state index contributed by atoms with van der Waals surface area (Å²) in [5.74, 6) is 3.43. The van der Waals surface area contributed by atoms with Crippen molar-refractivity contribution in [3.05, 3.63) is 35.0 Å². The first-order valence-electron chi connectivity index (χ1n) is 6.65. The average Bonchev–Trinajstić information content (AvgIpc) is 2.81. The number of furan rings is 1. The van der Waals surface area contributed by atoms with Crippen molar-refractivity contribution in [3.8, 4) is 0 Å². The molecular weight excluding hydrogens is 246 g/mol. The second-order valence-corrected chi connectivity index (χ2v) is 6.28. The summed E-state index contributed by atoms with van der Waals surface area (Å²) >= 11 is 5.99. The molecule has 3 heteroatoms. The van der Waals surface area contributed by atoms with Crippen molar-refractivity contribution in [2.24, 2.45) is 23.5 Å². The molecule has 0 saturated heterocycles. The number of hydrogen-bond donors (Lipinski definition) is 1. The van der Waals surface area contributed by atoms with E-state index in [0.29, 0.717) is 5.92 Å². The lowest BCUT2D eigenvalue weighted by molar-refractivity contribution is 0.355. The molecule has 2 saturated carbocycles. The summed E-state index contributed by atoms with van der Waals surface area (Å²) in [4.78, 5) is 0. The molecule has 2 N–H and O–H groups in total. The highest BCUT2D eigenvalue weighted by atomic mass is 35.5. The number of halogens is 1. The fourth-order valence-corrected chi connectivity index (χ4v) is 3.67.